The maximum atomic E-state index is 10.9. The van der Waals surface area contributed by atoms with E-state index in [4.69, 9.17) is 4.74 Å². The second kappa shape index (κ2) is 6.18. The van der Waals surface area contributed by atoms with E-state index in [0.717, 1.165) is 5.56 Å². The summed E-state index contributed by atoms with van der Waals surface area (Å²) in [5.41, 5.74) is 0.930. The highest BCUT2D eigenvalue weighted by Gasteiger charge is 2.14. The van der Waals surface area contributed by atoms with Gasteiger partial charge >= 0.3 is 11.7 Å². The highest BCUT2D eigenvalue weighted by Crippen LogP contribution is 2.23. The minimum atomic E-state index is 0.492. The van der Waals surface area contributed by atoms with Gasteiger partial charge in [-0.05, 0) is 31.3 Å². The molecule has 92 valence electrons. The van der Waals surface area contributed by atoms with Crippen LogP contribution in [0.25, 0.3) is 0 Å². The van der Waals surface area contributed by atoms with Crippen molar-refractivity contribution in [2.75, 3.05) is 7.05 Å². The smallest absolute Gasteiger partial charge is 0.456 e. The van der Waals surface area contributed by atoms with Crippen molar-refractivity contribution >= 4 is 11.7 Å². The van der Waals surface area contributed by atoms with Crippen molar-refractivity contribution in [1.82, 2.24) is 10.3 Å². The second-order valence-electron chi connectivity index (χ2n) is 3.67. The van der Waals surface area contributed by atoms with Crippen LogP contribution in [-0.4, -0.2) is 12.0 Å². The molecule has 0 spiro atoms. The van der Waals surface area contributed by atoms with E-state index in [1.54, 1.807) is 24.5 Å². The average Bonchev–Trinajstić information content (AvgIpc) is 2.41. The number of nitrogens with one attached hydrogen (secondary N) is 1. The van der Waals surface area contributed by atoms with Crippen LogP contribution in [0.15, 0.2) is 47.6 Å². The third-order valence-corrected chi connectivity index (χ3v) is 2.94. The molecule has 1 aromatic carbocycles. The molecule has 0 atom stereocenters. The van der Waals surface area contributed by atoms with E-state index in [9.17, 15) is 4.21 Å². The van der Waals surface area contributed by atoms with Crippen LogP contribution in [0.1, 0.15) is 5.56 Å². The Morgan fingerprint density at radius 1 is 1.33 bits per heavy atom. The zero-order valence-corrected chi connectivity index (χ0v) is 10.7. The fraction of sp³-hybridized carbons (Fsp3) is 0.154. The number of rotatable bonds is 5. The molecule has 1 N–H and O–H groups in total. The summed E-state index contributed by atoms with van der Waals surface area (Å²) >= 11 is 0.492. The van der Waals surface area contributed by atoms with Crippen LogP contribution in [-0.2, 0) is 22.4 Å². The lowest BCUT2D eigenvalue weighted by atomic mass is 10.2. The molecule has 0 fully saturated rings. The van der Waals surface area contributed by atoms with Gasteiger partial charge in [-0.15, -0.1) is 0 Å². The first-order valence-corrected chi connectivity index (χ1v) is 6.23. The van der Waals surface area contributed by atoms with Crippen molar-refractivity contribution in [3.63, 3.8) is 0 Å². The Labute approximate surface area is 110 Å². The molecule has 0 aliphatic rings. The van der Waals surface area contributed by atoms with Gasteiger partial charge in [-0.3, -0.25) is 4.98 Å². The van der Waals surface area contributed by atoms with E-state index in [-0.39, 0.29) is 0 Å². The van der Waals surface area contributed by atoms with Crippen molar-refractivity contribution in [3.8, 4) is 11.5 Å². The summed E-state index contributed by atoms with van der Waals surface area (Å²) in [6.45, 7) is 0.634. The molecule has 5 heteroatoms. The second-order valence-corrected chi connectivity index (χ2v) is 4.28. The molecule has 2 rings (SSSR count). The summed E-state index contributed by atoms with van der Waals surface area (Å²) in [5.74, 6) is 1.38. The molecule has 0 radical (unpaired) electrons. The van der Waals surface area contributed by atoms with Gasteiger partial charge in [0.05, 0.1) is 6.20 Å². The van der Waals surface area contributed by atoms with E-state index in [1.807, 2.05) is 25.2 Å². The molecule has 0 saturated carbocycles. The Morgan fingerprint density at radius 3 is 2.89 bits per heavy atom. The van der Waals surface area contributed by atoms with Gasteiger partial charge in [-0.1, -0.05) is 0 Å². The zero-order chi connectivity index (χ0) is 12.8. The number of nitrogens with zero attached hydrogens (tertiary/aromatic N) is 1. The predicted molar refractivity (Wildman–Crippen MR) is 69.8 cm³/mol. The number of pyridine rings is 1. The molecule has 0 unspecified atom stereocenters. The lowest BCUT2D eigenvalue weighted by Crippen LogP contribution is -2.06. The van der Waals surface area contributed by atoms with Gasteiger partial charge in [0.15, 0.2) is 0 Å². The molecule has 0 saturated heterocycles. The molecule has 1 heterocycles. The molecule has 0 bridgehead atoms. The van der Waals surface area contributed by atoms with E-state index in [1.165, 1.54) is 0 Å². The van der Waals surface area contributed by atoms with Crippen molar-refractivity contribution in [2.45, 2.75) is 11.4 Å². The monoisotopic (exact) mass is 261 g/mol. The maximum absolute atomic E-state index is 10.9. The highest BCUT2D eigenvalue weighted by molar-refractivity contribution is 7.65. The van der Waals surface area contributed by atoms with Gasteiger partial charge in [0.1, 0.15) is 11.5 Å². The number of ether oxygens (including phenoxy) is 1. The van der Waals surface area contributed by atoms with Crippen LogP contribution in [0.5, 0.6) is 11.5 Å². The van der Waals surface area contributed by atoms with Crippen molar-refractivity contribution in [3.05, 3.63) is 48.3 Å². The minimum Gasteiger partial charge on any atom is -0.456 e. The summed E-state index contributed by atoms with van der Waals surface area (Å²) in [4.78, 5) is 4.69. The summed E-state index contributed by atoms with van der Waals surface area (Å²) < 4.78 is 16.6. The van der Waals surface area contributed by atoms with E-state index < -0.39 is 0 Å². The Balaban J connectivity index is 2.24. The van der Waals surface area contributed by atoms with Crippen LogP contribution in [0.2, 0.25) is 0 Å². The highest BCUT2D eigenvalue weighted by atomic mass is 32.1. The third kappa shape index (κ3) is 3.09. The lowest BCUT2D eigenvalue weighted by Gasteiger charge is -2.06. The first-order valence-electron chi connectivity index (χ1n) is 5.48. The topological polar surface area (TPSA) is 51.2 Å². The Kier molecular flexibility index (Phi) is 4.33. The third-order valence-electron chi connectivity index (χ3n) is 2.36. The van der Waals surface area contributed by atoms with Gasteiger partial charge in [0.2, 0.25) is 0 Å². The maximum Gasteiger partial charge on any atom is 0.505 e. The fourth-order valence-electron chi connectivity index (χ4n) is 1.57. The lowest BCUT2D eigenvalue weighted by molar-refractivity contribution is 0.478. The number of hydrogen-bond donors (Lipinski definition) is 1. The van der Waals surface area contributed by atoms with Crippen molar-refractivity contribution in [1.29, 1.82) is 0 Å². The number of benzene rings is 1. The first-order chi connectivity index (χ1) is 8.83. The SMILES string of the molecule is CNCc1cc(Oc2cccnc2)ccc1[S+]=O. The predicted octanol–water partition coefficient (Wildman–Crippen LogP) is 2.38. The molecule has 4 nitrogen and oxygen atoms in total. The quantitative estimate of drug-likeness (QED) is 0.840. The molecular formula is C13H13N2O2S+. The summed E-state index contributed by atoms with van der Waals surface area (Å²) in [7, 11) is 1.84. The Bertz CT molecular complexity index is 532. The first kappa shape index (κ1) is 12.6. The average molecular weight is 261 g/mol. The van der Waals surface area contributed by atoms with Crippen LogP contribution in [0.3, 0.4) is 0 Å². The van der Waals surface area contributed by atoms with E-state index in [2.05, 4.69) is 10.3 Å². The fourth-order valence-corrected chi connectivity index (χ4v) is 1.93. The van der Waals surface area contributed by atoms with Gasteiger partial charge in [0, 0.05) is 28.6 Å². The molecule has 1 aromatic heterocycles. The molecule has 18 heavy (non-hydrogen) atoms. The number of hydrogen-bond acceptors (Lipinski definition) is 4. The van der Waals surface area contributed by atoms with Crippen LogP contribution < -0.4 is 10.1 Å². The Morgan fingerprint density at radius 2 is 2.22 bits per heavy atom. The molecule has 0 amide bonds. The van der Waals surface area contributed by atoms with Crippen molar-refractivity contribution in [2.24, 2.45) is 0 Å². The molecule has 2 aromatic rings. The van der Waals surface area contributed by atoms with Gasteiger partial charge in [0.25, 0.3) is 4.90 Å². The van der Waals surface area contributed by atoms with Crippen LogP contribution in [0.4, 0.5) is 0 Å². The Hall–Kier alpha value is -1.85. The largest absolute Gasteiger partial charge is 0.505 e. The molecular weight excluding hydrogens is 248 g/mol. The minimum absolute atomic E-state index is 0.492. The molecule has 0 aliphatic heterocycles. The van der Waals surface area contributed by atoms with E-state index in [0.29, 0.717) is 34.6 Å². The van der Waals surface area contributed by atoms with Crippen molar-refractivity contribution < 1.29 is 8.95 Å². The van der Waals surface area contributed by atoms with Crippen LogP contribution >= 0.6 is 0 Å². The van der Waals surface area contributed by atoms with Crippen LogP contribution in [0, 0.1) is 0 Å². The van der Waals surface area contributed by atoms with Gasteiger partial charge in [-0.2, -0.15) is 0 Å². The molecule has 0 aliphatic carbocycles. The van der Waals surface area contributed by atoms with Gasteiger partial charge in [-0.25, -0.2) is 0 Å². The van der Waals surface area contributed by atoms with Gasteiger partial charge < -0.3 is 10.1 Å². The summed E-state index contributed by atoms with van der Waals surface area (Å²) in [6.07, 6.45) is 3.34. The normalized spacial score (nSPS) is 10.1. The summed E-state index contributed by atoms with van der Waals surface area (Å²) in [5, 5.41) is 3.03. The number of aromatic nitrogens is 1. The van der Waals surface area contributed by atoms with E-state index >= 15 is 0 Å². The summed E-state index contributed by atoms with van der Waals surface area (Å²) in [6, 6.07) is 9.07. The standard InChI is InChI=1S/C13H13N2O2S/c1-14-8-10-7-11(4-5-13(10)18-16)17-12-3-2-6-15-9-12/h2-7,9,14H,8H2,1H3/q+1. The zero-order valence-electron chi connectivity index (χ0n) is 9.92.